The van der Waals surface area contributed by atoms with Crippen molar-refractivity contribution in [1.82, 2.24) is 9.80 Å². The summed E-state index contributed by atoms with van der Waals surface area (Å²) in [6.07, 6.45) is 2.01. The molecule has 0 spiro atoms. The van der Waals surface area contributed by atoms with Gasteiger partial charge in [0.25, 0.3) is 0 Å². The zero-order valence-electron chi connectivity index (χ0n) is 17.1. The third-order valence-electron chi connectivity index (χ3n) is 5.20. The minimum absolute atomic E-state index is 0.125. The molecule has 2 aromatic rings. The molecular formula is C23H24Cl2N2O3. The molecule has 0 unspecified atom stereocenters. The molecule has 1 heterocycles. The number of benzene rings is 2. The van der Waals surface area contributed by atoms with Crippen LogP contribution in [0.1, 0.15) is 18.1 Å². The number of amides is 1. The SMILES string of the molecule is CCOC(=O)[C@@H]1[C@@H](C=C(c2ccc(Cl)cc2)c2ccc(Cl)cc2)N(C)CC(=O)N1C. The van der Waals surface area contributed by atoms with Crippen LogP contribution < -0.4 is 0 Å². The van der Waals surface area contributed by atoms with Gasteiger partial charge in [0.1, 0.15) is 6.04 Å². The van der Waals surface area contributed by atoms with Gasteiger partial charge in [-0.05, 0) is 54.9 Å². The smallest absolute Gasteiger partial charge is 0.330 e. The molecule has 7 heteroatoms. The van der Waals surface area contributed by atoms with E-state index in [1.165, 1.54) is 4.90 Å². The van der Waals surface area contributed by atoms with Crippen LogP contribution in [0.4, 0.5) is 0 Å². The number of hydrogen-bond acceptors (Lipinski definition) is 4. The Labute approximate surface area is 186 Å². The summed E-state index contributed by atoms with van der Waals surface area (Å²) in [5.74, 6) is -0.549. The summed E-state index contributed by atoms with van der Waals surface area (Å²) >= 11 is 12.2. The molecule has 0 aromatic heterocycles. The van der Waals surface area contributed by atoms with Crippen LogP contribution in [0.25, 0.3) is 5.57 Å². The minimum atomic E-state index is -0.745. The number of piperazine rings is 1. The van der Waals surface area contributed by atoms with Crippen molar-refractivity contribution in [2.45, 2.75) is 19.0 Å². The van der Waals surface area contributed by atoms with Crippen LogP contribution in [-0.2, 0) is 14.3 Å². The van der Waals surface area contributed by atoms with E-state index in [4.69, 9.17) is 27.9 Å². The first-order valence-corrected chi connectivity index (χ1v) is 10.4. The average molecular weight is 447 g/mol. The van der Waals surface area contributed by atoms with Crippen LogP contribution >= 0.6 is 23.2 Å². The maximum atomic E-state index is 12.7. The summed E-state index contributed by atoms with van der Waals surface area (Å²) in [6.45, 7) is 2.21. The van der Waals surface area contributed by atoms with Crippen molar-refractivity contribution < 1.29 is 14.3 Å². The summed E-state index contributed by atoms with van der Waals surface area (Å²) in [6, 6.07) is 13.9. The van der Waals surface area contributed by atoms with E-state index >= 15 is 0 Å². The Morgan fingerprint density at radius 1 is 1.03 bits per heavy atom. The second-order valence-corrected chi connectivity index (χ2v) is 8.07. The van der Waals surface area contributed by atoms with E-state index in [0.29, 0.717) is 10.0 Å². The number of halogens is 2. The van der Waals surface area contributed by atoms with Gasteiger partial charge in [0.05, 0.1) is 19.2 Å². The van der Waals surface area contributed by atoms with Gasteiger partial charge in [-0.15, -0.1) is 0 Å². The lowest BCUT2D eigenvalue weighted by Crippen LogP contribution is -2.62. The van der Waals surface area contributed by atoms with Crippen LogP contribution in [0.15, 0.2) is 54.6 Å². The number of likely N-dealkylation sites (N-methyl/N-ethyl adjacent to an activating group) is 2. The third-order valence-corrected chi connectivity index (χ3v) is 5.71. The molecule has 1 aliphatic rings. The van der Waals surface area contributed by atoms with Gasteiger partial charge in [0, 0.05) is 17.1 Å². The van der Waals surface area contributed by atoms with Crippen LogP contribution in [0.3, 0.4) is 0 Å². The quantitative estimate of drug-likeness (QED) is 0.647. The van der Waals surface area contributed by atoms with E-state index in [1.54, 1.807) is 14.0 Å². The van der Waals surface area contributed by atoms with Crippen LogP contribution in [0, 0.1) is 0 Å². The number of rotatable bonds is 5. The summed E-state index contributed by atoms with van der Waals surface area (Å²) in [4.78, 5) is 28.5. The molecule has 3 rings (SSSR count). The summed E-state index contributed by atoms with van der Waals surface area (Å²) < 4.78 is 5.28. The van der Waals surface area contributed by atoms with Crippen molar-refractivity contribution in [3.05, 3.63) is 75.8 Å². The second-order valence-electron chi connectivity index (χ2n) is 7.20. The highest BCUT2D eigenvalue weighted by Crippen LogP contribution is 2.29. The molecule has 1 saturated heterocycles. The van der Waals surface area contributed by atoms with Crippen LogP contribution in [0.5, 0.6) is 0 Å². The molecule has 2 aromatic carbocycles. The normalized spacial score (nSPS) is 19.5. The standard InChI is InChI=1S/C23H24Cl2N2O3/c1-4-30-23(29)22-20(26(2)14-21(28)27(22)3)13-19(15-5-9-17(24)10-6-15)16-7-11-18(25)12-8-16/h5-13,20,22H,4,14H2,1-3H3/t20-,22+/m1/s1. The zero-order valence-corrected chi connectivity index (χ0v) is 18.7. The molecule has 0 aliphatic carbocycles. The summed E-state index contributed by atoms with van der Waals surface area (Å²) in [5.41, 5.74) is 2.80. The number of ether oxygens (including phenoxy) is 1. The first-order chi connectivity index (χ1) is 14.3. The van der Waals surface area contributed by atoms with Crippen LogP contribution in [-0.4, -0.2) is 61.0 Å². The summed E-state index contributed by atoms with van der Waals surface area (Å²) in [7, 11) is 3.47. The van der Waals surface area contributed by atoms with Gasteiger partial charge in [-0.3, -0.25) is 9.69 Å². The maximum Gasteiger partial charge on any atom is 0.330 e. The lowest BCUT2D eigenvalue weighted by Gasteiger charge is -2.42. The highest BCUT2D eigenvalue weighted by Gasteiger charge is 2.41. The maximum absolute atomic E-state index is 12.7. The van der Waals surface area contributed by atoms with Crippen molar-refractivity contribution >= 4 is 40.7 Å². The Morgan fingerprint density at radius 3 is 2.00 bits per heavy atom. The van der Waals surface area contributed by atoms with Crippen molar-refractivity contribution in [3.8, 4) is 0 Å². The topological polar surface area (TPSA) is 49.9 Å². The number of nitrogens with zero attached hydrogens (tertiary/aromatic N) is 2. The average Bonchev–Trinajstić information content (AvgIpc) is 2.71. The fraction of sp³-hybridized carbons (Fsp3) is 0.304. The van der Waals surface area contributed by atoms with E-state index in [-0.39, 0.29) is 25.1 Å². The highest BCUT2D eigenvalue weighted by molar-refractivity contribution is 6.31. The van der Waals surface area contributed by atoms with Crippen molar-refractivity contribution in [2.75, 3.05) is 27.2 Å². The zero-order chi connectivity index (χ0) is 21.8. The highest BCUT2D eigenvalue weighted by atomic mass is 35.5. The number of esters is 1. The Balaban J connectivity index is 2.12. The Bertz CT molecular complexity index is 894. The molecule has 1 amide bonds. The van der Waals surface area contributed by atoms with E-state index in [9.17, 15) is 9.59 Å². The van der Waals surface area contributed by atoms with Gasteiger partial charge < -0.3 is 9.64 Å². The van der Waals surface area contributed by atoms with E-state index in [2.05, 4.69) is 0 Å². The molecule has 0 radical (unpaired) electrons. The fourth-order valence-electron chi connectivity index (χ4n) is 3.59. The third kappa shape index (κ3) is 4.86. The predicted molar refractivity (Wildman–Crippen MR) is 120 cm³/mol. The van der Waals surface area contributed by atoms with Gasteiger partial charge in [-0.2, -0.15) is 0 Å². The first kappa shape index (κ1) is 22.3. The molecule has 0 bridgehead atoms. The molecule has 158 valence electrons. The van der Waals surface area contributed by atoms with E-state index < -0.39 is 12.0 Å². The molecule has 1 aliphatic heterocycles. The molecule has 0 saturated carbocycles. The van der Waals surface area contributed by atoms with Crippen molar-refractivity contribution in [2.24, 2.45) is 0 Å². The van der Waals surface area contributed by atoms with Crippen LogP contribution in [0.2, 0.25) is 10.0 Å². The molecular weight excluding hydrogens is 423 g/mol. The van der Waals surface area contributed by atoms with Gasteiger partial charge >= 0.3 is 5.97 Å². The van der Waals surface area contributed by atoms with E-state index in [0.717, 1.165) is 16.7 Å². The molecule has 1 fully saturated rings. The molecule has 30 heavy (non-hydrogen) atoms. The molecule has 0 N–H and O–H groups in total. The van der Waals surface area contributed by atoms with E-state index in [1.807, 2.05) is 66.6 Å². The largest absolute Gasteiger partial charge is 0.464 e. The van der Waals surface area contributed by atoms with Crippen molar-refractivity contribution in [3.63, 3.8) is 0 Å². The lowest BCUT2D eigenvalue weighted by molar-refractivity contribution is -0.160. The Morgan fingerprint density at radius 2 is 1.53 bits per heavy atom. The lowest BCUT2D eigenvalue weighted by atomic mass is 9.92. The van der Waals surface area contributed by atoms with Gasteiger partial charge in [-0.25, -0.2) is 4.79 Å². The molecule has 2 atom stereocenters. The first-order valence-electron chi connectivity index (χ1n) is 9.68. The minimum Gasteiger partial charge on any atom is -0.464 e. The monoisotopic (exact) mass is 446 g/mol. The molecule has 5 nitrogen and oxygen atoms in total. The fourth-order valence-corrected chi connectivity index (χ4v) is 3.84. The summed E-state index contributed by atoms with van der Waals surface area (Å²) in [5, 5.41) is 1.28. The number of hydrogen-bond donors (Lipinski definition) is 0. The van der Waals surface area contributed by atoms with Crippen molar-refractivity contribution in [1.29, 1.82) is 0 Å². The van der Waals surface area contributed by atoms with Gasteiger partial charge in [-0.1, -0.05) is 53.5 Å². The number of carbonyl (C=O) groups excluding carboxylic acids is 2. The van der Waals surface area contributed by atoms with Gasteiger partial charge in [0.2, 0.25) is 5.91 Å². The Hall–Kier alpha value is -2.34. The van der Waals surface area contributed by atoms with Gasteiger partial charge in [0.15, 0.2) is 0 Å². The number of carbonyl (C=O) groups is 2. The second kappa shape index (κ2) is 9.65. The Kier molecular flexibility index (Phi) is 7.19. The predicted octanol–water partition coefficient (Wildman–Crippen LogP) is 4.13.